The van der Waals surface area contributed by atoms with E-state index < -0.39 is 9.84 Å². The molecule has 0 heterocycles. The van der Waals surface area contributed by atoms with Gasteiger partial charge in [0.2, 0.25) is 0 Å². The summed E-state index contributed by atoms with van der Waals surface area (Å²) in [7, 11) is -1.42. The quantitative estimate of drug-likeness (QED) is 0.598. The maximum atomic E-state index is 11.8. The van der Waals surface area contributed by atoms with E-state index in [1.165, 1.54) is 36.6 Å². The molecule has 5 nitrogen and oxygen atoms in total. The molecule has 0 spiro atoms. The summed E-state index contributed by atoms with van der Waals surface area (Å²) in [5.74, 6) is 1.26. The lowest BCUT2D eigenvalue weighted by atomic mass is 9.83. The molecule has 1 unspecified atom stereocenters. The van der Waals surface area contributed by atoms with Gasteiger partial charge in [0, 0.05) is 32.3 Å². The lowest BCUT2D eigenvalue weighted by Crippen LogP contribution is -2.39. The largest absolute Gasteiger partial charge is 0.356 e. The molecule has 0 bridgehead atoms. The fraction of sp³-hybridized carbons (Fsp3) is 0.409. The topological polar surface area (TPSA) is 70.6 Å². The zero-order valence-corrected chi connectivity index (χ0v) is 17.6. The third-order valence-corrected chi connectivity index (χ3v) is 6.59. The third kappa shape index (κ3) is 4.93. The van der Waals surface area contributed by atoms with Gasteiger partial charge in [-0.1, -0.05) is 36.4 Å². The lowest BCUT2D eigenvalue weighted by molar-refractivity contribution is 0.539. The molecule has 0 amide bonds. The molecule has 2 N–H and O–H groups in total. The Bertz CT molecular complexity index is 967. The van der Waals surface area contributed by atoms with Gasteiger partial charge >= 0.3 is 0 Å². The summed E-state index contributed by atoms with van der Waals surface area (Å²) in [5.41, 5.74) is 4.70. The molecule has 0 fully saturated rings. The minimum Gasteiger partial charge on any atom is -0.356 e. The molecular formula is C22H29N3O2S. The SMILES string of the molecule is CN=C(NCc1ccc(S(C)(=O)=O)c(C)c1)NCC1CCCc2ccccc21. The molecule has 0 aliphatic heterocycles. The van der Waals surface area contributed by atoms with Gasteiger partial charge in [0.15, 0.2) is 15.8 Å². The van der Waals surface area contributed by atoms with Gasteiger partial charge in [-0.2, -0.15) is 0 Å². The Kier molecular flexibility index (Phi) is 6.39. The summed E-state index contributed by atoms with van der Waals surface area (Å²) in [4.78, 5) is 4.71. The van der Waals surface area contributed by atoms with Gasteiger partial charge in [0.25, 0.3) is 0 Å². The first kappa shape index (κ1) is 20.4. The monoisotopic (exact) mass is 399 g/mol. The van der Waals surface area contributed by atoms with Gasteiger partial charge in [0.05, 0.1) is 4.90 Å². The van der Waals surface area contributed by atoms with Crippen molar-refractivity contribution in [1.82, 2.24) is 10.6 Å². The number of nitrogens with one attached hydrogen (secondary N) is 2. The number of hydrogen-bond donors (Lipinski definition) is 2. The van der Waals surface area contributed by atoms with E-state index in [1.807, 2.05) is 19.1 Å². The Labute approximate surface area is 168 Å². The van der Waals surface area contributed by atoms with Crippen LogP contribution in [0.5, 0.6) is 0 Å². The van der Waals surface area contributed by atoms with E-state index in [1.54, 1.807) is 13.1 Å². The summed E-state index contributed by atoms with van der Waals surface area (Å²) in [6.45, 7) is 3.27. The van der Waals surface area contributed by atoms with E-state index in [0.29, 0.717) is 17.4 Å². The number of guanidine groups is 1. The van der Waals surface area contributed by atoms with Crippen molar-refractivity contribution in [3.8, 4) is 0 Å². The number of aliphatic imine (C=N–C) groups is 1. The van der Waals surface area contributed by atoms with Gasteiger partial charge in [-0.25, -0.2) is 8.42 Å². The smallest absolute Gasteiger partial charge is 0.191 e. The first-order valence-electron chi connectivity index (χ1n) is 9.70. The Hall–Kier alpha value is -2.34. The molecule has 1 aliphatic rings. The molecule has 0 saturated heterocycles. The molecule has 150 valence electrons. The van der Waals surface area contributed by atoms with Crippen LogP contribution in [0, 0.1) is 6.92 Å². The molecule has 1 aliphatic carbocycles. The number of hydrogen-bond acceptors (Lipinski definition) is 3. The molecule has 2 aromatic carbocycles. The van der Waals surface area contributed by atoms with Crippen LogP contribution in [0.1, 0.15) is 41.0 Å². The summed E-state index contributed by atoms with van der Waals surface area (Å²) in [5, 5.41) is 6.77. The van der Waals surface area contributed by atoms with Crippen molar-refractivity contribution >= 4 is 15.8 Å². The standard InChI is InChI=1S/C22H29N3O2S/c1-16-13-17(11-12-21(16)28(3,26)27)14-24-22(23-2)25-15-19-9-6-8-18-7-4-5-10-20(18)19/h4-5,7,10-13,19H,6,8-9,14-15H2,1-3H3,(H2,23,24,25). The first-order valence-corrected chi connectivity index (χ1v) is 11.6. The van der Waals surface area contributed by atoms with Crippen molar-refractivity contribution in [3.05, 3.63) is 64.7 Å². The molecule has 0 saturated carbocycles. The molecule has 2 aromatic rings. The minimum absolute atomic E-state index is 0.384. The van der Waals surface area contributed by atoms with E-state index in [0.717, 1.165) is 23.6 Å². The van der Waals surface area contributed by atoms with Crippen LogP contribution in [0.2, 0.25) is 0 Å². The zero-order valence-electron chi connectivity index (χ0n) is 16.8. The van der Waals surface area contributed by atoms with E-state index in [9.17, 15) is 8.42 Å². The number of aryl methyl sites for hydroxylation is 2. The first-order chi connectivity index (χ1) is 13.4. The van der Waals surface area contributed by atoms with E-state index in [2.05, 4.69) is 39.9 Å². The van der Waals surface area contributed by atoms with Crippen LogP contribution in [-0.4, -0.2) is 34.2 Å². The summed E-state index contributed by atoms with van der Waals surface area (Å²) in [6, 6.07) is 14.1. The molecule has 1 atom stereocenters. The highest BCUT2D eigenvalue weighted by Gasteiger charge is 2.19. The minimum atomic E-state index is -3.19. The third-order valence-electron chi connectivity index (χ3n) is 5.33. The van der Waals surface area contributed by atoms with Crippen LogP contribution >= 0.6 is 0 Å². The Morgan fingerprint density at radius 3 is 2.68 bits per heavy atom. The highest BCUT2D eigenvalue weighted by atomic mass is 32.2. The van der Waals surface area contributed by atoms with Gasteiger partial charge in [-0.3, -0.25) is 4.99 Å². The highest BCUT2D eigenvalue weighted by Crippen LogP contribution is 2.30. The number of sulfone groups is 1. The van der Waals surface area contributed by atoms with E-state index in [4.69, 9.17) is 0 Å². The normalized spacial score (nSPS) is 17.1. The Morgan fingerprint density at radius 2 is 1.96 bits per heavy atom. The predicted octanol–water partition coefficient (Wildman–Crippen LogP) is 3.18. The molecule has 28 heavy (non-hydrogen) atoms. The van der Waals surface area contributed by atoms with Crippen molar-refractivity contribution < 1.29 is 8.42 Å². The second kappa shape index (κ2) is 8.78. The molecule has 0 aromatic heterocycles. The van der Waals surface area contributed by atoms with Gasteiger partial charge in [0.1, 0.15) is 0 Å². The van der Waals surface area contributed by atoms with Gasteiger partial charge < -0.3 is 10.6 Å². The predicted molar refractivity (Wildman–Crippen MR) is 115 cm³/mol. The molecule has 6 heteroatoms. The van der Waals surface area contributed by atoms with Crippen LogP contribution < -0.4 is 10.6 Å². The summed E-state index contributed by atoms with van der Waals surface area (Å²) < 4.78 is 23.5. The highest BCUT2D eigenvalue weighted by molar-refractivity contribution is 7.90. The van der Waals surface area contributed by atoms with Crippen LogP contribution in [-0.2, 0) is 22.8 Å². The van der Waals surface area contributed by atoms with Crippen molar-refractivity contribution in [2.24, 2.45) is 4.99 Å². The number of benzene rings is 2. The fourth-order valence-electron chi connectivity index (χ4n) is 3.93. The Morgan fingerprint density at radius 1 is 1.18 bits per heavy atom. The van der Waals surface area contributed by atoms with Crippen molar-refractivity contribution in [3.63, 3.8) is 0 Å². The van der Waals surface area contributed by atoms with Crippen LogP contribution in [0.25, 0.3) is 0 Å². The molecule has 3 rings (SSSR count). The van der Waals surface area contributed by atoms with Gasteiger partial charge in [-0.15, -0.1) is 0 Å². The second-order valence-electron chi connectivity index (χ2n) is 7.47. The molecule has 0 radical (unpaired) electrons. The summed E-state index contributed by atoms with van der Waals surface area (Å²) in [6.07, 6.45) is 4.82. The fourth-order valence-corrected chi connectivity index (χ4v) is 4.89. The van der Waals surface area contributed by atoms with Crippen LogP contribution in [0.3, 0.4) is 0 Å². The average molecular weight is 400 g/mol. The summed E-state index contributed by atoms with van der Waals surface area (Å²) >= 11 is 0. The van der Waals surface area contributed by atoms with Crippen LogP contribution in [0.4, 0.5) is 0 Å². The molecular weight excluding hydrogens is 370 g/mol. The van der Waals surface area contributed by atoms with Crippen LogP contribution in [0.15, 0.2) is 52.4 Å². The maximum absolute atomic E-state index is 11.8. The average Bonchev–Trinajstić information content (AvgIpc) is 2.67. The number of rotatable bonds is 5. The van der Waals surface area contributed by atoms with E-state index in [-0.39, 0.29) is 0 Å². The van der Waals surface area contributed by atoms with Gasteiger partial charge in [-0.05, 0) is 54.5 Å². The number of nitrogens with zero attached hydrogens (tertiary/aromatic N) is 1. The van der Waals surface area contributed by atoms with E-state index >= 15 is 0 Å². The Balaban J connectivity index is 1.58. The van der Waals surface area contributed by atoms with Crippen molar-refractivity contribution in [1.29, 1.82) is 0 Å². The maximum Gasteiger partial charge on any atom is 0.191 e. The second-order valence-corrected chi connectivity index (χ2v) is 9.45. The van der Waals surface area contributed by atoms with Crippen molar-refractivity contribution in [2.75, 3.05) is 19.8 Å². The lowest BCUT2D eigenvalue weighted by Gasteiger charge is -2.26. The van der Waals surface area contributed by atoms with Crippen molar-refractivity contribution in [2.45, 2.75) is 43.5 Å². The zero-order chi connectivity index (χ0) is 20.1. The number of fused-ring (bicyclic) bond motifs is 1.